The first kappa shape index (κ1) is 15.1. The van der Waals surface area contributed by atoms with Crippen LogP contribution in [-0.4, -0.2) is 55.5 Å². The molecule has 1 aromatic rings. The van der Waals surface area contributed by atoms with Crippen molar-refractivity contribution in [2.24, 2.45) is 0 Å². The van der Waals surface area contributed by atoms with Gasteiger partial charge in [0.2, 0.25) is 0 Å². The molecule has 0 radical (unpaired) electrons. The van der Waals surface area contributed by atoms with Crippen LogP contribution in [0.1, 0.15) is 12.2 Å². The van der Waals surface area contributed by atoms with Gasteiger partial charge < -0.3 is 10.1 Å². The summed E-state index contributed by atoms with van der Waals surface area (Å²) in [6, 6.07) is 0. The Hall–Kier alpha value is -0.990. The molecule has 0 fully saturated rings. The zero-order valence-corrected chi connectivity index (χ0v) is 11.6. The molecule has 1 heterocycles. The standard InChI is InChI=1S/C10H20N4O3S/c1-17-6-4-11-8-10-12-9-13-14(10)5-3-7-18(2,15)16/h9,11H,3-8H2,1-2H3. The summed E-state index contributed by atoms with van der Waals surface area (Å²) < 4.78 is 28.7. The van der Waals surface area contributed by atoms with Crippen LogP contribution >= 0.6 is 0 Å². The highest BCUT2D eigenvalue weighted by Crippen LogP contribution is 1.98. The fourth-order valence-corrected chi connectivity index (χ4v) is 2.12. The van der Waals surface area contributed by atoms with Crippen LogP contribution in [-0.2, 0) is 27.7 Å². The minimum Gasteiger partial charge on any atom is -0.383 e. The molecule has 0 saturated carbocycles. The Kier molecular flexibility index (Phi) is 6.23. The molecule has 1 aromatic heterocycles. The van der Waals surface area contributed by atoms with Crippen molar-refractivity contribution in [3.8, 4) is 0 Å². The molecule has 0 aliphatic heterocycles. The minimum absolute atomic E-state index is 0.170. The number of hydrogen-bond donors (Lipinski definition) is 1. The Labute approximate surface area is 107 Å². The van der Waals surface area contributed by atoms with Crippen LogP contribution in [0.15, 0.2) is 6.33 Å². The third-order valence-corrected chi connectivity index (χ3v) is 3.38. The van der Waals surface area contributed by atoms with E-state index in [0.29, 0.717) is 26.1 Å². The summed E-state index contributed by atoms with van der Waals surface area (Å²) in [6.45, 7) is 2.55. The smallest absolute Gasteiger partial charge is 0.147 e. The number of rotatable bonds is 9. The number of sulfone groups is 1. The van der Waals surface area contributed by atoms with Crippen molar-refractivity contribution in [1.29, 1.82) is 0 Å². The van der Waals surface area contributed by atoms with Crippen LogP contribution in [0, 0.1) is 0 Å². The molecule has 104 valence electrons. The van der Waals surface area contributed by atoms with Crippen molar-refractivity contribution >= 4 is 9.84 Å². The quantitative estimate of drug-likeness (QED) is 0.609. The first-order valence-corrected chi connectivity index (χ1v) is 7.83. The van der Waals surface area contributed by atoms with Crippen LogP contribution < -0.4 is 5.32 Å². The van der Waals surface area contributed by atoms with Crippen LogP contribution in [0.3, 0.4) is 0 Å². The highest BCUT2D eigenvalue weighted by molar-refractivity contribution is 7.90. The fourth-order valence-electron chi connectivity index (χ4n) is 1.46. The summed E-state index contributed by atoms with van der Waals surface area (Å²) in [5.74, 6) is 0.975. The second kappa shape index (κ2) is 7.45. The number of ether oxygens (including phenoxy) is 1. The third kappa shape index (κ3) is 6.08. The zero-order valence-electron chi connectivity index (χ0n) is 10.8. The number of methoxy groups -OCH3 is 1. The molecule has 0 spiro atoms. The number of hydrogen-bond acceptors (Lipinski definition) is 6. The molecule has 0 bridgehead atoms. The van der Waals surface area contributed by atoms with E-state index in [4.69, 9.17) is 4.74 Å². The first-order chi connectivity index (χ1) is 8.53. The molecule has 7 nitrogen and oxygen atoms in total. The highest BCUT2D eigenvalue weighted by atomic mass is 32.2. The molecule has 1 rings (SSSR count). The second-order valence-corrected chi connectivity index (χ2v) is 6.31. The maximum atomic E-state index is 11.0. The third-order valence-electron chi connectivity index (χ3n) is 2.35. The van der Waals surface area contributed by atoms with Crippen LogP contribution in [0.25, 0.3) is 0 Å². The van der Waals surface area contributed by atoms with E-state index < -0.39 is 9.84 Å². The van der Waals surface area contributed by atoms with Crippen molar-refractivity contribution in [3.63, 3.8) is 0 Å². The average molecular weight is 276 g/mol. The largest absolute Gasteiger partial charge is 0.383 e. The molecule has 0 aromatic carbocycles. The minimum atomic E-state index is -2.91. The van der Waals surface area contributed by atoms with E-state index in [1.165, 1.54) is 12.6 Å². The van der Waals surface area contributed by atoms with E-state index in [1.54, 1.807) is 11.8 Å². The van der Waals surface area contributed by atoms with Crippen molar-refractivity contribution < 1.29 is 13.2 Å². The lowest BCUT2D eigenvalue weighted by molar-refractivity contribution is 0.198. The molecular weight excluding hydrogens is 256 g/mol. The molecule has 0 unspecified atom stereocenters. The number of nitrogens with one attached hydrogen (secondary N) is 1. The van der Waals surface area contributed by atoms with Crippen molar-refractivity contribution in [2.75, 3.05) is 32.3 Å². The highest BCUT2D eigenvalue weighted by Gasteiger charge is 2.06. The summed E-state index contributed by atoms with van der Waals surface area (Å²) in [5, 5.41) is 7.24. The van der Waals surface area contributed by atoms with Crippen molar-refractivity contribution in [1.82, 2.24) is 20.1 Å². The molecule has 0 aliphatic rings. The average Bonchev–Trinajstić information content (AvgIpc) is 2.71. The predicted octanol–water partition coefficient (Wildman–Crippen LogP) is -0.551. The van der Waals surface area contributed by atoms with Crippen LogP contribution in [0.2, 0.25) is 0 Å². The van der Waals surface area contributed by atoms with Gasteiger partial charge in [-0.1, -0.05) is 0 Å². The van der Waals surface area contributed by atoms with Gasteiger partial charge in [-0.05, 0) is 6.42 Å². The Bertz CT molecular complexity index is 444. The summed E-state index contributed by atoms with van der Waals surface area (Å²) >= 11 is 0. The van der Waals surface area contributed by atoms with Gasteiger partial charge in [0, 0.05) is 26.5 Å². The van der Waals surface area contributed by atoms with Crippen LogP contribution in [0.4, 0.5) is 0 Å². The monoisotopic (exact) mass is 276 g/mol. The van der Waals surface area contributed by atoms with Gasteiger partial charge in [-0.3, -0.25) is 0 Å². The molecule has 8 heteroatoms. The first-order valence-electron chi connectivity index (χ1n) is 5.77. The van der Waals surface area contributed by atoms with Gasteiger partial charge in [0.1, 0.15) is 22.0 Å². The van der Waals surface area contributed by atoms with Gasteiger partial charge >= 0.3 is 0 Å². The lowest BCUT2D eigenvalue weighted by Gasteiger charge is -2.06. The Balaban J connectivity index is 2.35. The van der Waals surface area contributed by atoms with Gasteiger partial charge in [-0.2, -0.15) is 5.10 Å². The fraction of sp³-hybridized carbons (Fsp3) is 0.800. The molecule has 18 heavy (non-hydrogen) atoms. The van der Waals surface area contributed by atoms with Gasteiger partial charge in [-0.15, -0.1) is 0 Å². The van der Waals surface area contributed by atoms with E-state index in [0.717, 1.165) is 12.4 Å². The van der Waals surface area contributed by atoms with E-state index in [-0.39, 0.29) is 5.75 Å². The maximum absolute atomic E-state index is 11.0. The SMILES string of the molecule is COCCNCc1ncnn1CCCS(C)(=O)=O. The molecule has 0 aliphatic carbocycles. The van der Waals surface area contributed by atoms with E-state index in [2.05, 4.69) is 15.4 Å². The number of aromatic nitrogens is 3. The normalized spacial score (nSPS) is 11.9. The molecular formula is C10H20N4O3S. The summed E-state index contributed by atoms with van der Waals surface area (Å²) in [6.07, 6.45) is 3.27. The molecule has 0 amide bonds. The summed E-state index contributed by atoms with van der Waals surface area (Å²) in [7, 11) is -1.26. The van der Waals surface area contributed by atoms with Crippen molar-refractivity contribution in [2.45, 2.75) is 19.5 Å². The number of aryl methyl sites for hydroxylation is 1. The lowest BCUT2D eigenvalue weighted by Crippen LogP contribution is -2.21. The van der Waals surface area contributed by atoms with Gasteiger partial charge in [-0.25, -0.2) is 18.1 Å². The van der Waals surface area contributed by atoms with Crippen LogP contribution in [0.5, 0.6) is 0 Å². The van der Waals surface area contributed by atoms with E-state index in [1.807, 2.05) is 0 Å². The zero-order chi connectivity index (χ0) is 13.4. The molecule has 0 saturated heterocycles. The van der Waals surface area contributed by atoms with Gasteiger partial charge in [0.25, 0.3) is 0 Å². The molecule has 0 atom stereocenters. The Morgan fingerprint density at radius 1 is 1.50 bits per heavy atom. The Morgan fingerprint density at radius 3 is 2.94 bits per heavy atom. The predicted molar refractivity (Wildman–Crippen MR) is 67.9 cm³/mol. The number of nitrogens with zero attached hydrogens (tertiary/aromatic N) is 3. The van der Waals surface area contributed by atoms with Crippen molar-refractivity contribution in [3.05, 3.63) is 12.2 Å². The summed E-state index contributed by atoms with van der Waals surface area (Å²) in [4.78, 5) is 4.13. The van der Waals surface area contributed by atoms with Gasteiger partial charge in [0.15, 0.2) is 0 Å². The van der Waals surface area contributed by atoms with E-state index >= 15 is 0 Å². The van der Waals surface area contributed by atoms with E-state index in [9.17, 15) is 8.42 Å². The second-order valence-electron chi connectivity index (χ2n) is 4.05. The lowest BCUT2D eigenvalue weighted by atomic mass is 10.4. The van der Waals surface area contributed by atoms with Gasteiger partial charge in [0.05, 0.1) is 18.9 Å². The maximum Gasteiger partial charge on any atom is 0.147 e. The topological polar surface area (TPSA) is 86.1 Å². The summed E-state index contributed by atoms with van der Waals surface area (Å²) in [5.41, 5.74) is 0. The molecule has 1 N–H and O–H groups in total. The Morgan fingerprint density at radius 2 is 2.28 bits per heavy atom.